The molecular formula is C13H21NO4. The van der Waals surface area contributed by atoms with E-state index in [1.54, 1.807) is 13.0 Å². The van der Waals surface area contributed by atoms with E-state index < -0.39 is 5.97 Å². The van der Waals surface area contributed by atoms with E-state index in [4.69, 9.17) is 14.6 Å². The van der Waals surface area contributed by atoms with Crippen molar-refractivity contribution >= 4 is 5.97 Å². The molecule has 102 valence electrons. The fourth-order valence-electron chi connectivity index (χ4n) is 1.85. The van der Waals surface area contributed by atoms with Crippen LogP contribution in [0.15, 0.2) is 10.5 Å². The minimum atomic E-state index is -1.02. The van der Waals surface area contributed by atoms with Gasteiger partial charge in [-0.15, -0.1) is 0 Å². The fourth-order valence-corrected chi connectivity index (χ4v) is 1.85. The van der Waals surface area contributed by atoms with Crippen molar-refractivity contribution in [2.45, 2.75) is 32.7 Å². The summed E-state index contributed by atoms with van der Waals surface area (Å²) in [7, 11) is 1.97. The Kier molecular flexibility index (Phi) is 5.88. The second-order valence-corrected chi connectivity index (χ2v) is 4.55. The third-order valence-electron chi connectivity index (χ3n) is 2.79. The van der Waals surface area contributed by atoms with E-state index in [1.165, 1.54) is 0 Å². The maximum Gasteiger partial charge on any atom is 0.372 e. The molecule has 0 unspecified atom stereocenters. The van der Waals surface area contributed by atoms with Gasteiger partial charge < -0.3 is 14.6 Å². The molecule has 0 radical (unpaired) electrons. The summed E-state index contributed by atoms with van der Waals surface area (Å²) in [6, 6.07) is 1.77. The Bertz CT molecular complexity index is 386. The normalized spacial score (nSPS) is 11.1. The average molecular weight is 255 g/mol. The number of aliphatic hydroxyl groups excluding tert-OH is 1. The van der Waals surface area contributed by atoms with Gasteiger partial charge in [0.2, 0.25) is 5.76 Å². The summed E-state index contributed by atoms with van der Waals surface area (Å²) in [5.74, 6) is -0.322. The summed E-state index contributed by atoms with van der Waals surface area (Å²) in [5.41, 5.74) is 0.659. The summed E-state index contributed by atoms with van der Waals surface area (Å²) >= 11 is 0. The molecule has 0 aromatic carbocycles. The maximum absolute atomic E-state index is 10.8. The van der Waals surface area contributed by atoms with Gasteiger partial charge in [0.15, 0.2) is 0 Å². The molecule has 18 heavy (non-hydrogen) atoms. The quantitative estimate of drug-likeness (QED) is 0.694. The first kappa shape index (κ1) is 14.7. The molecule has 1 rings (SSSR count). The zero-order valence-corrected chi connectivity index (χ0v) is 11.0. The number of aryl methyl sites for hydroxylation is 1. The smallest absolute Gasteiger partial charge is 0.372 e. The number of carboxylic acid groups (broad SMARTS) is 1. The number of aromatic carboxylic acids is 1. The van der Waals surface area contributed by atoms with E-state index in [0.717, 1.165) is 25.8 Å². The first-order chi connectivity index (χ1) is 8.54. The van der Waals surface area contributed by atoms with Gasteiger partial charge in [-0.3, -0.25) is 4.90 Å². The number of nitrogens with zero attached hydrogens (tertiary/aromatic N) is 1. The predicted molar refractivity (Wildman–Crippen MR) is 67.7 cm³/mol. The van der Waals surface area contributed by atoms with Crippen molar-refractivity contribution in [1.29, 1.82) is 0 Å². The van der Waals surface area contributed by atoms with Gasteiger partial charge in [0.1, 0.15) is 5.76 Å². The van der Waals surface area contributed by atoms with E-state index in [1.807, 2.05) is 7.05 Å². The second-order valence-electron chi connectivity index (χ2n) is 4.55. The minimum Gasteiger partial charge on any atom is -0.475 e. The highest BCUT2D eigenvalue weighted by Crippen LogP contribution is 2.16. The Morgan fingerprint density at radius 1 is 1.39 bits per heavy atom. The standard InChI is InChI=1S/C13H21NO4/c1-10-8-11(18-12(10)13(16)17)9-14(2)6-4-3-5-7-15/h8,15H,3-7,9H2,1-2H3,(H,16,17). The van der Waals surface area contributed by atoms with Crippen LogP contribution in [0.1, 0.15) is 41.1 Å². The van der Waals surface area contributed by atoms with Crippen molar-refractivity contribution < 1.29 is 19.4 Å². The number of unbranched alkanes of at least 4 members (excludes halogenated alkanes) is 2. The SMILES string of the molecule is Cc1cc(CN(C)CCCCCO)oc1C(=O)O. The molecule has 0 aliphatic heterocycles. The fraction of sp³-hybridized carbons (Fsp3) is 0.615. The van der Waals surface area contributed by atoms with Gasteiger partial charge in [-0.05, 0) is 45.8 Å². The van der Waals surface area contributed by atoms with Crippen molar-refractivity contribution in [2.75, 3.05) is 20.2 Å². The molecule has 5 nitrogen and oxygen atoms in total. The molecule has 0 aliphatic rings. The zero-order chi connectivity index (χ0) is 13.5. The van der Waals surface area contributed by atoms with Crippen LogP contribution in [0.2, 0.25) is 0 Å². The molecular weight excluding hydrogens is 234 g/mol. The Labute approximate surface area is 107 Å². The summed E-state index contributed by atoms with van der Waals surface area (Å²) < 4.78 is 5.29. The Morgan fingerprint density at radius 3 is 2.67 bits per heavy atom. The van der Waals surface area contributed by atoms with Crippen molar-refractivity contribution in [2.24, 2.45) is 0 Å². The summed E-state index contributed by atoms with van der Waals surface area (Å²) in [6.45, 7) is 3.48. The lowest BCUT2D eigenvalue weighted by Crippen LogP contribution is -2.18. The molecule has 0 saturated heterocycles. The van der Waals surface area contributed by atoms with Crippen molar-refractivity contribution in [3.8, 4) is 0 Å². The summed E-state index contributed by atoms with van der Waals surface area (Å²) in [4.78, 5) is 12.9. The number of carbonyl (C=O) groups is 1. The van der Waals surface area contributed by atoms with Crippen LogP contribution in [-0.4, -0.2) is 41.3 Å². The molecule has 0 fully saturated rings. The van der Waals surface area contributed by atoms with Crippen molar-refractivity contribution in [1.82, 2.24) is 4.90 Å². The van der Waals surface area contributed by atoms with Crippen molar-refractivity contribution in [3.63, 3.8) is 0 Å². The van der Waals surface area contributed by atoms with E-state index in [-0.39, 0.29) is 12.4 Å². The Balaban J connectivity index is 2.42. The lowest BCUT2D eigenvalue weighted by molar-refractivity contribution is 0.0657. The second kappa shape index (κ2) is 7.18. The lowest BCUT2D eigenvalue weighted by Gasteiger charge is -2.14. The van der Waals surface area contributed by atoms with Gasteiger partial charge in [-0.25, -0.2) is 4.79 Å². The highest BCUT2D eigenvalue weighted by Gasteiger charge is 2.14. The van der Waals surface area contributed by atoms with Gasteiger partial charge in [0.05, 0.1) is 6.54 Å². The number of aliphatic hydroxyl groups is 1. The van der Waals surface area contributed by atoms with Gasteiger partial charge in [-0.2, -0.15) is 0 Å². The zero-order valence-electron chi connectivity index (χ0n) is 11.0. The van der Waals surface area contributed by atoms with Crippen LogP contribution in [0, 0.1) is 6.92 Å². The van der Waals surface area contributed by atoms with Crippen LogP contribution in [0.3, 0.4) is 0 Å². The minimum absolute atomic E-state index is 0.0266. The molecule has 0 aliphatic carbocycles. The monoisotopic (exact) mass is 255 g/mol. The van der Waals surface area contributed by atoms with Crippen LogP contribution >= 0.6 is 0 Å². The van der Waals surface area contributed by atoms with Gasteiger partial charge in [0, 0.05) is 12.2 Å². The van der Waals surface area contributed by atoms with Crippen LogP contribution in [0.25, 0.3) is 0 Å². The van der Waals surface area contributed by atoms with Crippen LogP contribution in [0.4, 0.5) is 0 Å². The number of hydrogen-bond donors (Lipinski definition) is 2. The molecule has 0 saturated carbocycles. The van der Waals surface area contributed by atoms with Crippen LogP contribution in [0.5, 0.6) is 0 Å². The molecule has 0 atom stereocenters. The molecule has 5 heteroatoms. The van der Waals surface area contributed by atoms with E-state index in [9.17, 15) is 4.79 Å². The molecule has 1 aromatic rings. The highest BCUT2D eigenvalue weighted by atomic mass is 16.4. The Hall–Kier alpha value is -1.33. The first-order valence-corrected chi connectivity index (χ1v) is 6.16. The highest BCUT2D eigenvalue weighted by molar-refractivity contribution is 5.86. The number of rotatable bonds is 8. The number of hydrogen-bond acceptors (Lipinski definition) is 4. The van der Waals surface area contributed by atoms with Gasteiger partial charge in [-0.1, -0.05) is 0 Å². The third kappa shape index (κ3) is 4.50. The van der Waals surface area contributed by atoms with Crippen LogP contribution < -0.4 is 0 Å². The molecule has 0 spiro atoms. The number of carboxylic acids is 1. The molecule has 0 bridgehead atoms. The predicted octanol–water partition coefficient (Wildman–Crippen LogP) is 1.88. The lowest BCUT2D eigenvalue weighted by atomic mass is 10.2. The third-order valence-corrected chi connectivity index (χ3v) is 2.79. The number of furan rings is 1. The van der Waals surface area contributed by atoms with E-state index >= 15 is 0 Å². The maximum atomic E-state index is 10.8. The molecule has 0 amide bonds. The molecule has 1 aromatic heterocycles. The largest absolute Gasteiger partial charge is 0.475 e. The molecule has 1 heterocycles. The average Bonchev–Trinajstić information content (AvgIpc) is 2.66. The first-order valence-electron chi connectivity index (χ1n) is 6.16. The van der Waals surface area contributed by atoms with E-state index in [2.05, 4.69) is 4.90 Å². The van der Waals surface area contributed by atoms with Gasteiger partial charge in [0.25, 0.3) is 0 Å². The van der Waals surface area contributed by atoms with Gasteiger partial charge >= 0.3 is 5.97 Å². The van der Waals surface area contributed by atoms with Crippen molar-refractivity contribution in [3.05, 3.63) is 23.2 Å². The molecule has 2 N–H and O–H groups in total. The topological polar surface area (TPSA) is 73.9 Å². The Morgan fingerprint density at radius 2 is 2.11 bits per heavy atom. The summed E-state index contributed by atoms with van der Waals surface area (Å²) in [5, 5.41) is 17.6. The summed E-state index contributed by atoms with van der Waals surface area (Å²) in [6.07, 6.45) is 2.85. The van der Waals surface area contributed by atoms with E-state index in [0.29, 0.717) is 17.9 Å². The van der Waals surface area contributed by atoms with Crippen LogP contribution in [-0.2, 0) is 6.54 Å².